The fourth-order valence-corrected chi connectivity index (χ4v) is 1.71. The summed E-state index contributed by atoms with van der Waals surface area (Å²) in [5.41, 5.74) is 1.16. The van der Waals surface area contributed by atoms with Crippen molar-refractivity contribution >= 4 is 5.97 Å². The summed E-state index contributed by atoms with van der Waals surface area (Å²) in [6, 6.07) is 9.27. The predicted octanol–water partition coefficient (Wildman–Crippen LogP) is 1.28. The van der Waals surface area contributed by atoms with E-state index in [2.05, 4.69) is 15.0 Å². The Morgan fingerprint density at radius 3 is 2.85 bits per heavy atom. The number of methoxy groups -OCH3 is 1. The van der Waals surface area contributed by atoms with E-state index in [-0.39, 0.29) is 18.2 Å². The Hall–Kier alpha value is -2.18. The van der Waals surface area contributed by atoms with E-state index in [9.17, 15) is 9.90 Å². The fourth-order valence-electron chi connectivity index (χ4n) is 1.71. The minimum atomic E-state index is -0.570. The number of nitrogens with one attached hydrogen (secondary N) is 1. The van der Waals surface area contributed by atoms with Gasteiger partial charge in [0.2, 0.25) is 5.89 Å². The molecule has 1 atom stereocenters. The number of rotatable bonds is 6. The predicted molar refractivity (Wildman–Crippen MR) is 71.0 cm³/mol. The molecule has 20 heavy (non-hydrogen) atoms. The number of aliphatic hydroxyl groups excluding tert-OH is 1. The van der Waals surface area contributed by atoms with Crippen LogP contribution in [0.1, 0.15) is 28.0 Å². The van der Waals surface area contributed by atoms with Crippen LogP contribution in [0, 0.1) is 0 Å². The van der Waals surface area contributed by atoms with Gasteiger partial charge < -0.3 is 14.3 Å². The van der Waals surface area contributed by atoms with E-state index in [1.807, 2.05) is 30.3 Å². The van der Waals surface area contributed by atoms with Gasteiger partial charge in [0.25, 0.3) is 0 Å². The number of hydrogen-bond donors (Lipinski definition) is 2. The number of benzene rings is 1. The van der Waals surface area contributed by atoms with Crippen molar-refractivity contribution in [2.45, 2.75) is 12.6 Å². The monoisotopic (exact) mass is 276 g/mol. The lowest BCUT2D eigenvalue weighted by atomic mass is 10.2. The molecule has 0 saturated heterocycles. The van der Waals surface area contributed by atoms with Crippen molar-refractivity contribution < 1.29 is 19.1 Å². The smallest absolute Gasteiger partial charge is 0.360 e. The third kappa shape index (κ3) is 3.43. The summed E-state index contributed by atoms with van der Waals surface area (Å²) < 4.78 is 9.74. The van der Waals surface area contributed by atoms with E-state index in [0.29, 0.717) is 6.54 Å². The molecule has 0 bridgehead atoms. The molecule has 0 aliphatic carbocycles. The summed E-state index contributed by atoms with van der Waals surface area (Å²) >= 11 is 0. The van der Waals surface area contributed by atoms with E-state index >= 15 is 0 Å². The highest BCUT2D eigenvalue weighted by Gasteiger charge is 2.19. The molecule has 6 heteroatoms. The molecule has 1 aromatic carbocycles. The number of nitrogens with zero attached hydrogens (tertiary/aromatic N) is 1. The topological polar surface area (TPSA) is 84.6 Å². The number of aromatic nitrogens is 1. The summed E-state index contributed by atoms with van der Waals surface area (Å²) in [5.74, 6) is -0.316. The van der Waals surface area contributed by atoms with Crippen molar-refractivity contribution in [3.05, 3.63) is 53.7 Å². The van der Waals surface area contributed by atoms with E-state index in [4.69, 9.17) is 4.42 Å². The molecule has 0 unspecified atom stereocenters. The minimum absolute atomic E-state index is 0.0856. The number of carbonyl (C=O) groups excluding carboxylic acids is 1. The zero-order valence-corrected chi connectivity index (χ0v) is 11.1. The van der Waals surface area contributed by atoms with Crippen LogP contribution >= 0.6 is 0 Å². The first-order valence-electron chi connectivity index (χ1n) is 6.16. The second-order valence-electron chi connectivity index (χ2n) is 4.16. The van der Waals surface area contributed by atoms with E-state index < -0.39 is 12.0 Å². The van der Waals surface area contributed by atoms with Crippen LogP contribution in [0.25, 0.3) is 0 Å². The van der Waals surface area contributed by atoms with Crippen molar-refractivity contribution in [1.29, 1.82) is 0 Å². The fraction of sp³-hybridized carbons (Fsp3) is 0.286. The highest BCUT2D eigenvalue weighted by atomic mass is 16.5. The Kier molecular flexibility index (Phi) is 4.86. The molecule has 2 aromatic rings. The molecule has 0 fully saturated rings. The molecule has 2 rings (SSSR count). The minimum Gasteiger partial charge on any atom is -0.464 e. The van der Waals surface area contributed by atoms with Gasteiger partial charge in [-0.25, -0.2) is 9.78 Å². The second-order valence-corrected chi connectivity index (χ2v) is 4.16. The summed E-state index contributed by atoms with van der Waals surface area (Å²) in [4.78, 5) is 15.3. The van der Waals surface area contributed by atoms with Gasteiger partial charge in [-0.1, -0.05) is 30.3 Å². The zero-order chi connectivity index (χ0) is 14.4. The number of esters is 1. The van der Waals surface area contributed by atoms with Crippen LogP contribution in [-0.2, 0) is 11.3 Å². The molecule has 0 spiro atoms. The molecule has 0 radical (unpaired) electrons. The zero-order valence-electron chi connectivity index (χ0n) is 11.1. The average Bonchev–Trinajstić information content (AvgIpc) is 2.98. The van der Waals surface area contributed by atoms with Crippen molar-refractivity contribution in [2.75, 3.05) is 13.7 Å². The highest BCUT2D eigenvalue weighted by Crippen LogP contribution is 2.13. The normalized spacial score (nSPS) is 12.1. The van der Waals surface area contributed by atoms with Crippen LogP contribution in [0.2, 0.25) is 0 Å². The molecule has 2 N–H and O–H groups in total. The Bertz CT molecular complexity index is 553. The van der Waals surface area contributed by atoms with Crippen LogP contribution in [0.15, 0.2) is 41.0 Å². The number of carbonyl (C=O) groups is 1. The maximum absolute atomic E-state index is 11.3. The highest BCUT2D eigenvalue weighted by molar-refractivity contribution is 5.86. The van der Waals surface area contributed by atoms with E-state index in [1.54, 1.807) is 0 Å². The maximum atomic E-state index is 11.3. The SMILES string of the molecule is COC(=O)c1coc([C@H](CO)NCc2ccccc2)n1. The van der Waals surface area contributed by atoms with Crippen LogP contribution in [0.5, 0.6) is 0 Å². The third-order valence-electron chi connectivity index (χ3n) is 2.79. The van der Waals surface area contributed by atoms with Gasteiger partial charge in [0.15, 0.2) is 5.69 Å². The molecule has 106 valence electrons. The van der Waals surface area contributed by atoms with Crippen LogP contribution < -0.4 is 5.32 Å². The van der Waals surface area contributed by atoms with Gasteiger partial charge in [-0.05, 0) is 5.56 Å². The number of oxazole rings is 1. The van der Waals surface area contributed by atoms with Crippen LogP contribution in [0.3, 0.4) is 0 Å². The average molecular weight is 276 g/mol. The molecule has 1 aromatic heterocycles. The first kappa shape index (κ1) is 14.2. The number of ether oxygens (including phenoxy) is 1. The van der Waals surface area contributed by atoms with Crippen molar-refractivity contribution in [3.8, 4) is 0 Å². The first-order valence-corrected chi connectivity index (χ1v) is 6.16. The second kappa shape index (κ2) is 6.83. The summed E-state index contributed by atoms with van der Waals surface area (Å²) in [6.45, 7) is 0.371. The van der Waals surface area contributed by atoms with Gasteiger partial charge in [-0.15, -0.1) is 0 Å². The van der Waals surface area contributed by atoms with E-state index in [1.165, 1.54) is 13.4 Å². The Morgan fingerprint density at radius 1 is 1.45 bits per heavy atom. The Morgan fingerprint density at radius 2 is 2.20 bits per heavy atom. The Labute approximate surface area is 116 Å². The maximum Gasteiger partial charge on any atom is 0.360 e. The van der Waals surface area contributed by atoms with Crippen molar-refractivity contribution in [3.63, 3.8) is 0 Å². The van der Waals surface area contributed by atoms with Crippen LogP contribution in [-0.4, -0.2) is 29.8 Å². The van der Waals surface area contributed by atoms with E-state index in [0.717, 1.165) is 5.56 Å². The van der Waals surface area contributed by atoms with Crippen molar-refractivity contribution in [1.82, 2.24) is 10.3 Å². The molecule has 0 amide bonds. The molecular weight excluding hydrogens is 260 g/mol. The largest absolute Gasteiger partial charge is 0.464 e. The van der Waals surface area contributed by atoms with Gasteiger partial charge in [0.05, 0.1) is 13.7 Å². The van der Waals surface area contributed by atoms with Gasteiger partial charge in [-0.2, -0.15) is 0 Å². The Balaban J connectivity index is 2.01. The first-order chi connectivity index (χ1) is 9.74. The molecule has 0 saturated carbocycles. The third-order valence-corrected chi connectivity index (χ3v) is 2.79. The summed E-state index contributed by atoms with van der Waals surface area (Å²) in [7, 11) is 1.27. The van der Waals surface area contributed by atoms with Gasteiger partial charge >= 0.3 is 5.97 Å². The molecule has 0 aliphatic rings. The lowest BCUT2D eigenvalue weighted by Gasteiger charge is -2.12. The molecule has 6 nitrogen and oxygen atoms in total. The van der Waals surface area contributed by atoms with Crippen LogP contribution in [0.4, 0.5) is 0 Å². The number of aliphatic hydroxyl groups is 1. The van der Waals surface area contributed by atoms with Gasteiger partial charge in [-0.3, -0.25) is 5.32 Å². The standard InChI is InChI=1S/C14H16N2O4/c1-19-14(18)12-9-20-13(16-12)11(8-17)15-7-10-5-3-2-4-6-10/h2-6,9,11,15,17H,7-8H2,1H3/t11-/m0/s1. The van der Waals surface area contributed by atoms with Gasteiger partial charge in [0, 0.05) is 6.54 Å². The quantitative estimate of drug-likeness (QED) is 0.773. The molecular formula is C14H16N2O4. The lowest BCUT2D eigenvalue weighted by molar-refractivity contribution is 0.0594. The van der Waals surface area contributed by atoms with Crippen molar-refractivity contribution in [2.24, 2.45) is 0 Å². The van der Waals surface area contributed by atoms with Gasteiger partial charge in [0.1, 0.15) is 12.3 Å². The molecule has 0 aliphatic heterocycles. The summed E-state index contributed by atoms with van der Waals surface area (Å²) in [5, 5.41) is 12.5. The lowest BCUT2D eigenvalue weighted by Crippen LogP contribution is -2.24. The summed E-state index contributed by atoms with van der Waals surface area (Å²) in [6.07, 6.45) is 1.22. The number of hydrogen-bond acceptors (Lipinski definition) is 6. The molecule has 1 heterocycles.